The molecule has 0 unspecified atom stereocenters. The maximum atomic E-state index is 13.1. The summed E-state index contributed by atoms with van der Waals surface area (Å²) in [5.74, 6) is -0.392. The lowest BCUT2D eigenvalue weighted by molar-refractivity contribution is -0.138. The first-order chi connectivity index (χ1) is 11.7. The highest BCUT2D eigenvalue weighted by Crippen LogP contribution is 2.36. The largest absolute Gasteiger partial charge is 0.416 e. The van der Waals surface area contributed by atoms with E-state index in [4.69, 9.17) is 10.5 Å². The smallest absolute Gasteiger partial charge is 0.396 e. The van der Waals surface area contributed by atoms with E-state index in [1.165, 1.54) is 35.0 Å². The summed E-state index contributed by atoms with van der Waals surface area (Å²) in [7, 11) is 1.32. The lowest BCUT2D eigenvalue weighted by Gasteiger charge is -2.32. The van der Waals surface area contributed by atoms with E-state index in [1.807, 2.05) is 6.92 Å². The number of nitrogens with two attached hydrogens (primary N) is 1. The number of methoxy groups -OCH3 is 1. The molecular formula is C16H19F3N4O2S. The van der Waals surface area contributed by atoms with Gasteiger partial charge in [-0.2, -0.15) is 31.8 Å². The van der Waals surface area contributed by atoms with E-state index in [-0.39, 0.29) is 49.6 Å². The van der Waals surface area contributed by atoms with Crippen LogP contribution in [-0.4, -0.2) is 29.3 Å². The predicted octanol–water partition coefficient (Wildman–Crippen LogP) is 2.96. The minimum Gasteiger partial charge on any atom is -0.396 e. The van der Waals surface area contributed by atoms with E-state index in [0.717, 1.165) is 6.07 Å². The third-order valence-electron chi connectivity index (χ3n) is 4.14. The van der Waals surface area contributed by atoms with Gasteiger partial charge in [0.2, 0.25) is 0 Å². The number of rotatable bonds is 3. The summed E-state index contributed by atoms with van der Waals surface area (Å²) in [4.78, 5) is 14.1. The second-order valence-corrected chi connectivity index (χ2v) is 5.93. The molecule has 6 nitrogen and oxygen atoms in total. The number of hydrogen-bond acceptors (Lipinski definition) is 4. The fourth-order valence-electron chi connectivity index (χ4n) is 3.01. The van der Waals surface area contributed by atoms with Crippen molar-refractivity contribution in [3.8, 4) is 0 Å². The Balaban J connectivity index is 0.00000243. The molecule has 2 aromatic rings. The van der Waals surface area contributed by atoms with Crippen LogP contribution >= 0.6 is 13.5 Å². The molecule has 0 aliphatic carbocycles. The third-order valence-corrected chi connectivity index (χ3v) is 4.14. The maximum absolute atomic E-state index is 13.1. The van der Waals surface area contributed by atoms with Crippen LogP contribution in [0.2, 0.25) is 0 Å². The Morgan fingerprint density at radius 3 is 2.69 bits per heavy atom. The molecule has 26 heavy (non-hydrogen) atoms. The quantitative estimate of drug-likeness (QED) is 0.877. The van der Waals surface area contributed by atoms with Crippen molar-refractivity contribution in [1.82, 2.24) is 9.78 Å². The van der Waals surface area contributed by atoms with Crippen molar-refractivity contribution in [3.63, 3.8) is 0 Å². The van der Waals surface area contributed by atoms with Gasteiger partial charge in [0.05, 0.1) is 30.1 Å². The first kappa shape index (κ1) is 20.1. The van der Waals surface area contributed by atoms with Crippen LogP contribution in [0.25, 0.3) is 0 Å². The molecule has 3 rings (SSSR count). The average molecular weight is 388 g/mol. The number of nitrogens with zero attached hydrogens (tertiary/aromatic N) is 3. The highest BCUT2D eigenvalue weighted by Gasteiger charge is 2.36. The monoisotopic (exact) mass is 388 g/mol. The minimum absolute atomic E-state index is 0. The van der Waals surface area contributed by atoms with Crippen LogP contribution in [-0.2, 0) is 17.5 Å². The van der Waals surface area contributed by atoms with Gasteiger partial charge >= 0.3 is 6.18 Å². The molecule has 2 N–H and O–H groups in total. The van der Waals surface area contributed by atoms with Crippen molar-refractivity contribution in [2.45, 2.75) is 25.7 Å². The van der Waals surface area contributed by atoms with Crippen molar-refractivity contribution < 1.29 is 22.7 Å². The van der Waals surface area contributed by atoms with Crippen molar-refractivity contribution in [2.75, 3.05) is 24.3 Å². The first-order valence-corrected chi connectivity index (χ1v) is 7.58. The molecule has 1 aliphatic heterocycles. The molecule has 0 radical (unpaired) electrons. The van der Waals surface area contributed by atoms with Crippen LogP contribution in [0.15, 0.2) is 24.4 Å². The molecule has 0 saturated carbocycles. The van der Waals surface area contributed by atoms with Gasteiger partial charge in [0, 0.05) is 19.3 Å². The summed E-state index contributed by atoms with van der Waals surface area (Å²) in [6, 6.07) is 3.43. The number of hydrogen-bond donors (Lipinski definition) is 1. The number of anilines is 2. The molecular weight excluding hydrogens is 369 g/mol. The van der Waals surface area contributed by atoms with Gasteiger partial charge in [0.15, 0.2) is 0 Å². The van der Waals surface area contributed by atoms with E-state index in [9.17, 15) is 18.0 Å². The van der Waals surface area contributed by atoms with Crippen LogP contribution in [0.3, 0.4) is 0 Å². The number of amides is 1. The van der Waals surface area contributed by atoms with Gasteiger partial charge in [0.1, 0.15) is 5.69 Å². The summed E-state index contributed by atoms with van der Waals surface area (Å²) in [6.45, 7) is 1.93. The van der Waals surface area contributed by atoms with Crippen LogP contribution in [0.5, 0.6) is 0 Å². The van der Waals surface area contributed by atoms with Gasteiger partial charge in [0.25, 0.3) is 5.91 Å². The molecule has 142 valence electrons. The summed E-state index contributed by atoms with van der Waals surface area (Å²) in [5.41, 5.74) is 5.86. The number of alkyl halides is 3. The predicted molar refractivity (Wildman–Crippen MR) is 95.6 cm³/mol. The zero-order valence-electron chi connectivity index (χ0n) is 14.2. The van der Waals surface area contributed by atoms with Gasteiger partial charge in [-0.15, -0.1) is 0 Å². The van der Waals surface area contributed by atoms with Gasteiger partial charge in [-0.1, -0.05) is 0 Å². The van der Waals surface area contributed by atoms with E-state index in [0.29, 0.717) is 5.69 Å². The molecule has 1 aromatic carbocycles. The van der Waals surface area contributed by atoms with E-state index < -0.39 is 17.6 Å². The van der Waals surface area contributed by atoms with Crippen LogP contribution in [0.1, 0.15) is 34.6 Å². The minimum atomic E-state index is -4.49. The molecule has 0 fully saturated rings. The Morgan fingerprint density at radius 2 is 2.08 bits per heavy atom. The Labute approximate surface area is 155 Å². The lowest BCUT2D eigenvalue weighted by Crippen LogP contribution is -2.43. The fourth-order valence-corrected chi connectivity index (χ4v) is 3.01. The number of aromatic nitrogens is 2. The molecule has 0 saturated heterocycles. The molecule has 1 amide bonds. The number of carbonyl (C=O) groups excluding carboxylic acids is 1. The van der Waals surface area contributed by atoms with Crippen molar-refractivity contribution in [3.05, 3.63) is 41.2 Å². The zero-order valence-corrected chi connectivity index (χ0v) is 15.2. The summed E-state index contributed by atoms with van der Waals surface area (Å²) in [6.07, 6.45) is -3.09. The fraction of sp³-hybridized carbons (Fsp3) is 0.375. The SMILES string of the molecule is COCc1cc(N2C[C@H](C)n3ncc(N)c3C2=O)ccc1C(F)(F)F.S. The summed E-state index contributed by atoms with van der Waals surface area (Å²) in [5, 5.41) is 4.08. The third kappa shape index (κ3) is 3.38. The number of nitrogen functional groups attached to an aromatic ring is 1. The van der Waals surface area contributed by atoms with E-state index in [1.54, 1.807) is 0 Å². The van der Waals surface area contributed by atoms with Crippen molar-refractivity contribution in [2.24, 2.45) is 0 Å². The second-order valence-electron chi connectivity index (χ2n) is 5.93. The van der Waals surface area contributed by atoms with Crippen LogP contribution in [0.4, 0.5) is 24.5 Å². The molecule has 1 aromatic heterocycles. The average Bonchev–Trinajstić information content (AvgIpc) is 2.93. The van der Waals surface area contributed by atoms with Crippen LogP contribution < -0.4 is 10.6 Å². The Bertz CT molecular complexity index is 822. The number of ether oxygens (including phenoxy) is 1. The standard InChI is InChI=1S/C16H17F3N4O2.H2S/c1-9-7-22(15(24)14-13(20)6-21-23(9)14)11-3-4-12(16(17,18)19)10(5-11)8-25-2;/h3-6,9H,7-8,20H2,1-2H3;1H2/t9-;/m0./s1. The normalized spacial score (nSPS) is 17.0. The van der Waals surface area contributed by atoms with Gasteiger partial charge in [-0.25, -0.2) is 0 Å². The zero-order chi connectivity index (χ0) is 18.4. The van der Waals surface area contributed by atoms with Gasteiger partial charge in [-0.3, -0.25) is 9.48 Å². The molecule has 2 heterocycles. The maximum Gasteiger partial charge on any atom is 0.416 e. The summed E-state index contributed by atoms with van der Waals surface area (Å²) < 4.78 is 45.8. The van der Waals surface area contributed by atoms with Crippen LogP contribution in [0, 0.1) is 0 Å². The van der Waals surface area contributed by atoms with E-state index >= 15 is 0 Å². The van der Waals surface area contributed by atoms with Gasteiger partial charge < -0.3 is 15.4 Å². The molecule has 0 spiro atoms. The number of benzene rings is 1. The van der Waals surface area contributed by atoms with Crippen molar-refractivity contribution >= 4 is 30.8 Å². The number of fused-ring (bicyclic) bond motifs is 1. The molecule has 10 heteroatoms. The number of carbonyl (C=O) groups is 1. The molecule has 1 aliphatic rings. The Hall–Kier alpha value is -2.20. The van der Waals surface area contributed by atoms with Crippen molar-refractivity contribution in [1.29, 1.82) is 0 Å². The second kappa shape index (κ2) is 7.20. The Kier molecular flexibility index (Phi) is 5.57. The molecule has 0 bridgehead atoms. The molecule has 1 atom stereocenters. The Morgan fingerprint density at radius 1 is 1.38 bits per heavy atom. The summed E-state index contributed by atoms with van der Waals surface area (Å²) >= 11 is 0. The highest BCUT2D eigenvalue weighted by molar-refractivity contribution is 7.59. The topological polar surface area (TPSA) is 73.4 Å². The first-order valence-electron chi connectivity index (χ1n) is 7.58. The number of halogens is 3. The van der Waals surface area contributed by atoms with E-state index in [2.05, 4.69) is 5.10 Å². The highest BCUT2D eigenvalue weighted by atomic mass is 32.1. The lowest BCUT2D eigenvalue weighted by atomic mass is 10.0. The van der Waals surface area contributed by atoms with Gasteiger partial charge in [-0.05, 0) is 30.7 Å².